The number of thioether (sulfide) groups is 1. The molecule has 0 aliphatic rings. The maximum Gasteiger partial charge on any atom is 0.212 e. The first-order chi connectivity index (χ1) is 13.2. The van der Waals surface area contributed by atoms with E-state index in [1.165, 1.54) is 5.56 Å². The number of furan rings is 1. The highest BCUT2D eigenvalue weighted by Crippen LogP contribution is 2.30. The van der Waals surface area contributed by atoms with E-state index in [0.29, 0.717) is 5.09 Å². The minimum Gasteiger partial charge on any atom is -0.445 e. The molecule has 2 aromatic carbocycles. The molecule has 0 aliphatic heterocycles. The van der Waals surface area contributed by atoms with Crippen LogP contribution < -0.4 is 4.72 Å². The normalized spacial score (nSPS) is 12.2. The Bertz CT molecular complexity index is 1060. The zero-order valence-corrected chi connectivity index (χ0v) is 16.3. The van der Waals surface area contributed by atoms with Crippen LogP contribution in [0.25, 0.3) is 11.0 Å². The van der Waals surface area contributed by atoms with E-state index in [1.807, 2.05) is 61.7 Å². The summed E-state index contributed by atoms with van der Waals surface area (Å²) in [5, 5.41) is 2.15. The molecule has 0 aliphatic carbocycles. The molecular weight excluding hydrogens is 376 g/mol. The van der Waals surface area contributed by atoms with Crippen LogP contribution in [0.2, 0.25) is 0 Å². The minimum absolute atomic E-state index is 0.400. The summed E-state index contributed by atoms with van der Waals surface area (Å²) in [6.07, 6.45) is 1.82. The Labute approximate surface area is 164 Å². The molecule has 0 spiro atoms. The fourth-order valence-electron chi connectivity index (χ4n) is 2.67. The standard InChI is InChI=1S/C21H18N2O2S2/c1-15-11-18(21(22-13-15)26-14-16-7-3-2-4-8-16)23-27(24)20-12-17-9-5-6-10-19(17)25-20/h2-13,23H,14H2,1H3. The molecule has 0 bridgehead atoms. The first-order valence-corrected chi connectivity index (χ1v) is 10.6. The molecule has 0 saturated heterocycles. The van der Waals surface area contributed by atoms with Gasteiger partial charge in [0.2, 0.25) is 5.09 Å². The van der Waals surface area contributed by atoms with Crippen molar-refractivity contribution in [1.82, 2.24) is 4.98 Å². The lowest BCUT2D eigenvalue weighted by molar-refractivity contribution is 0.504. The average molecular weight is 395 g/mol. The van der Waals surface area contributed by atoms with Gasteiger partial charge in [-0.15, -0.1) is 0 Å². The van der Waals surface area contributed by atoms with E-state index in [-0.39, 0.29) is 0 Å². The monoisotopic (exact) mass is 394 g/mol. The zero-order chi connectivity index (χ0) is 18.6. The number of pyridine rings is 1. The van der Waals surface area contributed by atoms with Crippen molar-refractivity contribution >= 4 is 39.4 Å². The Morgan fingerprint density at radius 3 is 2.67 bits per heavy atom. The summed E-state index contributed by atoms with van der Waals surface area (Å²) in [4.78, 5) is 4.52. The van der Waals surface area contributed by atoms with Gasteiger partial charge in [0.05, 0.1) is 5.69 Å². The zero-order valence-electron chi connectivity index (χ0n) is 14.7. The van der Waals surface area contributed by atoms with Crippen molar-refractivity contribution in [2.75, 3.05) is 4.72 Å². The molecule has 4 nitrogen and oxygen atoms in total. The minimum atomic E-state index is -1.50. The van der Waals surface area contributed by atoms with E-state index in [9.17, 15) is 4.21 Å². The predicted octanol–water partition coefficient (Wildman–Crippen LogP) is 5.56. The van der Waals surface area contributed by atoms with Crippen molar-refractivity contribution in [2.45, 2.75) is 22.8 Å². The fraction of sp³-hybridized carbons (Fsp3) is 0.0952. The average Bonchev–Trinajstić information content (AvgIpc) is 3.13. The summed E-state index contributed by atoms with van der Waals surface area (Å²) in [6, 6.07) is 21.6. The molecule has 0 amide bonds. The molecule has 1 unspecified atom stereocenters. The molecule has 0 fully saturated rings. The fourth-order valence-corrected chi connectivity index (χ4v) is 4.48. The number of nitrogens with zero attached hydrogens (tertiary/aromatic N) is 1. The van der Waals surface area contributed by atoms with Gasteiger partial charge >= 0.3 is 0 Å². The van der Waals surface area contributed by atoms with Gasteiger partial charge in [-0.1, -0.05) is 60.3 Å². The van der Waals surface area contributed by atoms with Crippen LogP contribution in [0, 0.1) is 6.92 Å². The number of para-hydroxylation sites is 1. The van der Waals surface area contributed by atoms with Gasteiger partial charge in [-0.2, -0.15) is 0 Å². The van der Waals surface area contributed by atoms with Gasteiger partial charge in [-0.05, 0) is 30.2 Å². The van der Waals surface area contributed by atoms with E-state index in [1.54, 1.807) is 17.8 Å². The molecular formula is C21H18N2O2S2. The molecule has 2 heterocycles. The van der Waals surface area contributed by atoms with Gasteiger partial charge in [0.1, 0.15) is 10.6 Å². The van der Waals surface area contributed by atoms with E-state index >= 15 is 0 Å². The van der Waals surface area contributed by atoms with Crippen molar-refractivity contribution in [1.29, 1.82) is 0 Å². The molecule has 27 heavy (non-hydrogen) atoms. The number of nitrogens with one attached hydrogen (secondary N) is 1. The molecule has 0 saturated carbocycles. The highest BCUT2D eigenvalue weighted by molar-refractivity contribution is 7.98. The Balaban J connectivity index is 1.55. The lowest BCUT2D eigenvalue weighted by Gasteiger charge is -2.10. The largest absolute Gasteiger partial charge is 0.445 e. The number of hydrogen-bond acceptors (Lipinski definition) is 4. The topological polar surface area (TPSA) is 55.1 Å². The summed E-state index contributed by atoms with van der Waals surface area (Å²) in [6.45, 7) is 1.97. The lowest BCUT2D eigenvalue weighted by Crippen LogP contribution is -2.06. The maximum atomic E-state index is 12.8. The summed E-state index contributed by atoms with van der Waals surface area (Å²) >= 11 is 1.61. The molecule has 6 heteroatoms. The number of aromatic nitrogens is 1. The number of aryl methyl sites for hydroxylation is 1. The van der Waals surface area contributed by atoms with E-state index in [4.69, 9.17) is 4.42 Å². The van der Waals surface area contributed by atoms with E-state index in [0.717, 1.165) is 33.0 Å². The van der Waals surface area contributed by atoms with Crippen LogP contribution >= 0.6 is 11.8 Å². The van der Waals surface area contributed by atoms with Crippen molar-refractivity contribution in [3.63, 3.8) is 0 Å². The summed E-state index contributed by atoms with van der Waals surface area (Å²) in [5.74, 6) is 0.794. The van der Waals surface area contributed by atoms with Gasteiger partial charge in [0.25, 0.3) is 0 Å². The highest BCUT2D eigenvalue weighted by atomic mass is 32.2. The van der Waals surface area contributed by atoms with Crippen LogP contribution in [0.15, 0.2) is 87.5 Å². The Hall–Kier alpha value is -2.57. The maximum absolute atomic E-state index is 12.8. The summed E-state index contributed by atoms with van der Waals surface area (Å²) < 4.78 is 21.6. The Kier molecular flexibility index (Phi) is 5.27. The van der Waals surface area contributed by atoms with Gasteiger partial charge in [-0.3, -0.25) is 4.72 Å². The predicted molar refractivity (Wildman–Crippen MR) is 111 cm³/mol. The third-order valence-corrected chi connectivity index (χ3v) is 6.04. The molecule has 1 atom stereocenters. The number of hydrogen-bond donors (Lipinski definition) is 1. The Morgan fingerprint density at radius 2 is 1.85 bits per heavy atom. The SMILES string of the molecule is Cc1cnc(SCc2ccccc2)c(NS(=O)c2cc3ccccc3o2)c1. The quantitative estimate of drug-likeness (QED) is 0.435. The molecule has 4 aromatic rings. The van der Waals surface area contributed by atoms with E-state index < -0.39 is 11.0 Å². The number of fused-ring (bicyclic) bond motifs is 1. The van der Waals surface area contributed by atoms with Crippen LogP contribution in [0.4, 0.5) is 5.69 Å². The van der Waals surface area contributed by atoms with Crippen LogP contribution in [0.1, 0.15) is 11.1 Å². The van der Waals surface area contributed by atoms with Crippen molar-refractivity contribution < 1.29 is 8.63 Å². The second-order valence-corrected chi connectivity index (χ2v) is 8.22. The number of rotatable bonds is 6. The van der Waals surface area contributed by atoms with Gasteiger partial charge in [0, 0.05) is 23.4 Å². The molecule has 136 valence electrons. The summed E-state index contributed by atoms with van der Waals surface area (Å²) in [7, 11) is -1.50. The third kappa shape index (κ3) is 4.23. The summed E-state index contributed by atoms with van der Waals surface area (Å²) in [5.41, 5.74) is 3.69. The van der Waals surface area contributed by atoms with E-state index in [2.05, 4.69) is 21.8 Å². The molecule has 4 rings (SSSR count). The number of anilines is 1. The third-order valence-electron chi connectivity index (χ3n) is 3.99. The van der Waals surface area contributed by atoms with Gasteiger partial charge < -0.3 is 4.42 Å². The van der Waals surface area contributed by atoms with Crippen LogP contribution in [-0.4, -0.2) is 9.19 Å². The van der Waals surface area contributed by atoms with Crippen molar-refractivity contribution in [2.24, 2.45) is 0 Å². The molecule has 1 N–H and O–H groups in total. The number of benzene rings is 2. The molecule has 0 radical (unpaired) electrons. The lowest BCUT2D eigenvalue weighted by atomic mass is 10.2. The van der Waals surface area contributed by atoms with Crippen molar-refractivity contribution in [3.05, 3.63) is 84.1 Å². The van der Waals surface area contributed by atoms with Gasteiger partial charge in [-0.25, -0.2) is 9.19 Å². The second kappa shape index (κ2) is 7.98. The van der Waals surface area contributed by atoms with Gasteiger partial charge in [0.15, 0.2) is 11.0 Å². The Morgan fingerprint density at radius 1 is 1.07 bits per heavy atom. The van der Waals surface area contributed by atoms with Crippen molar-refractivity contribution in [3.8, 4) is 0 Å². The highest BCUT2D eigenvalue weighted by Gasteiger charge is 2.14. The first-order valence-electron chi connectivity index (χ1n) is 8.49. The van der Waals surface area contributed by atoms with Crippen LogP contribution in [-0.2, 0) is 16.7 Å². The van der Waals surface area contributed by atoms with Crippen LogP contribution in [0.3, 0.4) is 0 Å². The second-order valence-electron chi connectivity index (χ2n) is 6.11. The van der Waals surface area contributed by atoms with Crippen LogP contribution in [0.5, 0.6) is 0 Å². The first kappa shape index (κ1) is 17.8. The molecule has 2 aromatic heterocycles. The smallest absolute Gasteiger partial charge is 0.212 e.